The van der Waals surface area contributed by atoms with E-state index in [9.17, 15) is 4.39 Å². The first-order valence-electron chi connectivity index (χ1n) is 9.35. The Bertz CT molecular complexity index is 1020. The zero-order valence-corrected chi connectivity index (χ0v) is 18.5. The van der Waals surface area contributed by atoms with Crippen molar-refractivity contribution in [1.29, 1.82) is 0 Å². The number of nitrogens with two attached hydrogens (primary N) is 1. The highest BCUT2D eigenvalue weighted by molar-refractivity contribution is 6.76. The molecule has 0 aromatic carbocycles. The summed E-state index contributed by atoms with van der Waals surface area (Å²) in [5, 5.41) is 0.775. The summed E-state index contributed by atoms with van der Waals surface area (Å²) in [4.78, 5) is 8.52. The maximum Gasteiger partial charge on any atom is 0.225 e. The molecule has 0 fully saturated rings. The molecular weight excluding hydrogens is 391 g/mol. The highest BCUT2D eigenvalue weighted by Crippen LogP contribution is 2.42. The molecule has 3 aromatic heterocycles. The summed E-state index contributed by atoms with van der Waals surface area (Å²) in [5.74, 6) is 0.145. The number of hydrogen-bond donors (Lipinski definition) is 1. The fourth-order valence-electron chi connectivity index (χ4n) is 3.06. The van der Waals surface area contributed by atoms with Crippen molar-refractivity contribution in [1.82, 2.24) is 14.5 Å². The Hall–Kier alpha value is -2.65. The second kappa shape index (κ2) is 8.38. The maximum atomic E-state index is 14.4. The average molecular weight is 419 g/mol. The van der Waals surface area contributed by atoms with Crippen LogP contribution in [-0.2, 0) is 11.5 Å². The second-order valence-electron chi connectivity index (χ2n) is 7.99. The fraction of sp³-hybridized carbons (Fsp3) is 0.400. The van der Waals surface area contributed by atoms with Gasteiger partial charge in [-0.1, -0.05) is 19.6 Å². The highest BCUT2D eigenvalue weighted by Gasteiger charge is 2.23. The summed E-state index contributed by atoms with van der Waals surface area (Å²) in [7, 11) is 1.71. The van der Waals surface area contributed by atoms with Gasteiger partial charge in [0, 0.05) is 31.8 Å². The smallest absolute Gasteiger partial charge is 0.225 e. The van der Waals surface area contributed by atoms with E-state index in [1.54, 1.807) is 6.07 Å². The van der Waals surface area contributed by atoms with Crippen LogP contribution in [0.4, 0.5) is 10.2 Å². The first-order chi connectivity index (χ1) is 13.7. The molecule has 0 spiro atoms. The molecule has 0 atom stereocenters. The topological polar surface area (TPSA) is 84.4 Å². The normalized spacial score (nSPS) is 11.8. The predicted octanol–water partition coefficient (Wildman–Crippen LogP) is 4.15. The molecule has 156 valence electrons. The van der Waals surface area contributed by atoms with Gasteiger partial charge in [-0.3, -0.25) is 0 Å². The van der Waals surface area contributed by atoms with Gasteiger partial charge in [0.15, 0.2) is 11.6 Å². The van der Waals surface area contributed by atoms with Gasteiger partial charge >= 0.3 is 0 Å². The van der Waals surface area contributed by atoms with Crippen LogP contribution in [0.15, 0.2) is 24.5 Å². The van der Waals surface area contributed by atoms with Crippen LogP contribution in [0.3, 0.4) is 0 Å². The molecule has 7 nitrogen and oxygen atoms in total. The number of ether oxygens (including phenoxy) is 3. The molecule has 0 saturated carbocycles. The van der Waals surface area contributed by atoms with Crippen LogP contribution in [-0.4, -0.2) is 43.4 Å². The van der Waals surface area contributed by atoms with Crippen molar-refractivity contribution in [3.8, 4) is 22.8 Å². The molecule has 0 aliphatic carbocycles. The Labute approximate surface area is 170 Å². The molecule has 3 rings (SSSR count). The van der Waals surface area contributed by atoms with Crippen molar-refractivity contribution in [3.05, 3.63) is 30.3 Å². The van der Waals surface area contributed by atoms with E-state index in [0.29, 0.717) is 35.9 Å². The number of fused-ring (bicyclic) bond motifs is 1. The molecule has 0 unspecified atom stereocenters. The number of anilines is 1. The molecular formula is C20H27FN4O3Si. The number of rotatable bonds is 8. The molecule has 9 heteroatoms. The fourth-order valence-corrected chi connectivity index (χ4v) is 3.82. The minimum Gasteiger partial charge on any atom is -0.493 e. The van der Waals surface area contributed by atoms with Gasteiger partial charge in [0.25, 0.3) is 0 Å². The quantitative estimate of drug-likeness (QED) is 0.437. The molecule has 0 bridgehead atoms. The van der Waals surface area contributed by atoms with E-state index in [0.717, 1.165) is 17.6 Å². The predicted molar refractivity (Wildman–Crippen MR) is 115 cm³/mol. The Morgan fingerprint density at radius 1 is 1.17 bits per heavy atom. The van der Waals surface area contributed by atoms with Crippen molar-refractivity contribution in [3.63, 3.8) is 0 Å². The van der Waals surface area contributed by atoms with Crippen LogP contribution in [0, 0.1) is 5.82 Å². The number of halogens is 1. The van der Waals surface area contributed by atoms with Crippen molar-refractivity contribution in [2.45, 2.75) is 32.4 Å². The third-order valence-corrected chi connectivity index (χ3v) is 6.29. The van der Waals surface area contributed by atoms with Gasteiger partial charge < -0.3 is 24.5 Å². The molecule has 0 amide bonds. The molecule has 3 heterocycles. The summed E-state index contributed by atoms with van der Waals surface area (Å²) in [5.41, 5.74) is 7.65. The Morgan fingerprint density at radius 2 is 1.93 bits per heavy atom. The molecule has 0 aliphatic rings. The number of nitrogens with zero attached hydrogens (tertiary/aromatic N) is 3. The lowest BCUT2D eigenvalue weighted by Gasteiger charge is -2.15. The summed E-state index contributed by atoms with van der Waals surface area (Å²) in [6.45, 7) is 7.89. The van der Waals surface area contributed by atoms with Gasteiger partial charge in [-0.05, 0) is 18.2 Å². The third-order valence-electron chi connectivity index (χ3n) is 4.59. The van der Waals surface area contributed by atoms with Crippen molar-refractivity contribution in [2.75, 3.05) is 26.6 Å². The van der Waals surface area contributed by atoms with Crippen LogP contribution >= 0.6 is 0 Å². The van der Waals surface area contributed by atoms with E-state index in [1.807, 2.05) is 16.8 Å². The molecule has 0 saturated heterocycles. The summed E-state index contributed by atoms with van der Waals surface area (Å²) in [6.07, 6.45) is 2.92. The van der Waals surface area contributed by atoms with E-state index >= 15 is 0 Å². The lowest BCUT2D eigenvalue weighted by atomic mass is 10.1. The van der Waals surface area contributed by atoms with Crippen molar-refractivity contribution in [2.24, 2.45) is 0 Å². The van der Waals surface area contributed by atoms with Gasteiger partial charge in [0.1, 0.15) is 18.2 Å². The lowest BCUT2D eigenvalue weighted by Crippen LogP contribution is -2.22. The summed E-state index contributed by atoms with van der Waals surface area (Å²) >= 11 is 0. The van der Waals surface area contributed by atoms with Crippen LogP contribution in [0.1, 0.15) is 0 Å². The summed E-state index contributed by atoms with van der Waals surface area (Å²) < 4.78 is 32.8. The average Bonchev–Trinajstić information content (AvgIpc) is 3.01. The van der Waals surface area contributed by atoms with Crippen LogP contribution in [0.25, 0.3) is 22.2 Å². The number of pyridine rings is 2. The van der Waals surface area contributed by atoms with Gasteiger partial charge in [-0.15, -0.1) is 0 Å². The number of hydrogen-bond acceptors (Lipinski definition) is 6. The Balaban J connectivity index is 2.08. The zero-order valence-electron chi connectivity index (χ0n) is 17.5. The Morgan fingerprint density at radius 3 is 2.59 bits per heavy atom. The van der Waals surface area contributed by atoms with E-state index < -0.39 is 13.9 Å². The van der Waals surface area contributed by atoms with E-state index in [1.165, 1.54) is 14.2 Å². The minimum absolute atomic E-state index is 0.0624. The lowest BCUT2D eigenvalue weighted by molar-refractivity contribution is 0.0899. The standard InChI is InChI=1S/C20H27FN4O3Si/c1-26-18-15(21)10-23-20(27-2)17(18)14-11-25(12-28-8-9-29(3,4)5)19-13(14)6-7-16(22)24-19/h6-7,10-11H,8-9,12H2,1-5H3,(H2,22,24). The van der Waals surface area contributed by atoms with Crippen molar-refractivity contribution >= 4 is 24.9 Å². The molecule has 2 N–H and O–H groups in total. The first-order valence-corrected chi connectivity index (χ1v) is 13.1. The Kier molecular flexibility index (Phi) is 6.09. The molecule has 0 aliphatic heterocycles. The number of methoxy groups -OCH3 is 2. The van der Waals surface area contributed by atoms with Crippen LogP contribution in [0.5, 0.6) is 11.6 Å². The monoisotopic (exact) mass is 418 g/mol. The van der Waals surface area contributed by atoms with E-state index in [-0.39, 0.29) is 11.6 Å². The van der Waals surface area contributed by atoms with Crippen molar-refractivity contribution < 1.29 is 18.6 Å². The van der Waals surface area contributed by atoms with Crippen LogP contribution in [0.2, 0.25) is 25.7 Å². The first kappa shape index (κ1) is 21.1. The maximum absolute atomic E-state index is 14.4. The van der Waals surface area contributed by atoms with Crippen LogP contribution < -0.4 is 15.2 Å². The number of aromatic nitrogens is 3. The minimum atomic E-state index is -1.19. The zero-order chi connectivity index (χ0) is 21.2. The largest absolute Gasteiger partial charge is 0.493 e. The molecule has 29 heavy (non-hydrogen) atoms. The summed E-state index contributed by atoms with van der Waals surface area (Å²) in [6, 6.07) is 4.60. The van der Waals surface area contributed by atoms with Gasteiger partial charge in [-0.25, -0.2) is 14.4 Å². The third kappa shape index (κ3) is 4.51. The van der Waals surface area contributed by atoms with E-state index in [2.05, 4.69) is 29.6 Å². The molecule has 3 aromatic rings. The highest BCUT2D eigenvalue weighted by atomic mass is 28.3. The second-order valence-corrected chi connectivity index (χ2v) is 13.6. The molecule has 0 radical (unpaired) electrons. The number of nitrogen functional groups attached to an aromatic ring is 1. The van der Waals surface area contributed by atoms with Gasteiger partial charge in [-0.2, -0.15) is 0 Å². The SMILES string of the molecule is COc1ncc(F)c(OC)c1-c1cn(COCC[Si](C)(C)C)c2nc(N)ccc12. The van der Waals surface area contributed by atoms with Gasteiger partial charge in [0.05, 0.1) is 26.0 Å². The van der Waals surface area contributed by atoms with Gasteiger partial charge in [0.2, 0.25) is 5.88 Å². The van der Waals surface area contributed by atoms with E-state index in [4.69, 9.17) is 19.9 Å².